The maximum absolute atomic E-state index is 2.43. The van der Waals surface area contributed by atoms with Gasteiger partial charge in [0.25, 0.3) is 0 Å². The Labute approximate surface area is 808 Å². The summed E-state index contributed by atoms with van der Waals surface area (Å²) in [7, 11) is 0. The molecule has 4 heterocycles. The van der Waals surface area contributed by atoms with Gasteiger partial charge in [-0.15, -0.1) is 22.7 Å². The van der Waals surface area contributed by atoms with E-state index in [2.05, 4.69) is 530 Å². The van der Waals surface area contributed by atoms with Crippen molar-refractivity contribution in [2.45, 2.75) is 38.5 Å². The Kier molecular flexibility index (Phi) is 18.7. The van der Waals surface area contributed by atoms with E-state index < -0.39 is 0 Å². The summed E-state index contributed by atoms with van der Waals surface area (Å²) < 4.78 is 9.93. The minimum atomic E-state index is -0.105. The molecular formula is C130H90N6S2. The Morgan fingerprint density at radius 3 is 0.804 bits per heavy atom. The van der Waals surface area contributed by atoms with Crippen LogP contribution in [0.15, 0.2) is 473 Å². The van der Waals surface area contributed by atoms with E-state index in [1.54, 1.807) is 0 Å². The van der Waals surface area contributed by atoms with Gasteiger partial charge in [0.2, 0.25) is 0 Å². The van der Waals surface area contributed by atoms with E-state index >= 15 is 0 Å². The molecule has 2 aliphatic carbocycles. The van der Waals surface area contributed by atoms with Crippen molar-refractivity contribution in [2.75, 3.05) is 19.6 Å². The monoisotopic (exact) mass is 1800 g/mol. The van der Waals surface area contributed by atoms with Crippen molar-refractivity contribution < 1.29 is 0 Å². The van der Waals surface area contributed by atoms with Gasteiger partial charge in [0.1, 0.15) is 0 Å². The Hall–Kier alpha value is -16.9. The van der Waals surface area contributed by atoms with Gasteiger partial charge in [-0.2, -0.15) is 0 Å². The van der Waals surface area contributed by atoms with Gasteiger partial charge in [0.05, 0.1) is 22.1 Å². The zero-order valence-corrected chi connectivity index (χ0v) is 78.2. The molecule has 0 bridgehead atoms. The van der Waals surface area contributed by atoms with Crippen LogP contribution >= 0.6 is 22.7 Å². The molecule has 8 heteroatoms. The number of nitrogens with zero attached hydrogens (tertiary/aromatic N) is 6. The Morgan fingerprint density at radius 2 is 0.435 bits per heavy atom. The van der Waals surface area contributed by atoms with Gasteiger partial charge in [-0.05, 0) is 271 Å². The average molecular weight is 1800 g/mol. The number of hydrogen-bond donors (Lipinski definition) is 0. The number of aromatic nitrogens is 2. The molecule has 0 fully saturated rings. The summed E-state index contributed by atoms with van der Waals surface area (Å²) in [5.74, 6) is 0. The summed E-state index contributed by atoms with van der Waals surface area (Å²) in [5, 5.41) is 20.2. The average Bonchev–Trinajstić information content (AvgIpc) is 1.56. The highest BCUT2D eigenvalue weighted by Crippen LogP contribution is 2.57. The molecule has 2 aliphatic rings. The summed E-state index contributed by atoms with van der Waals surface area (Å²) in [6.45, 7) is 9.45. The first-order chi connectivity index (χ1) is 68.0. The van der Waals surface area contributed by atoms with Gasteiger partial charge in [-0.3, -0.25) is 0 Å². The molecule has 0 unspecified atom stereocenters. The van der Waals surface area contributed by atoms with E-state index in [1.807, 2.05) is 22.7 Å². The third-order valence-corrected chi connectivity index (χ3v) is 31.8. The van der Waals surface area contributed by atoms with Crippen LogP contribution in [0.25, 0.3) is 161 Å². The summed E-state index contributed by atoms with van der Waals surface area (Å²) in [4.78, 5) is 9.70. The lowest BCUT2D eigenvalue weighted by Crippen LogP contribution is -2.16. The van der Waals surface area contributed by atoms with Crippen LogP contribution in [0.4, 0.5) is 68.2 Å². The molecule has 0 radical (unpaired) electrons. The Bertz CT molecular complexity index is 9420. The molecule has 22 aromatic carbocycles. The number of anilines is 12. The van der Waals surface area contributed by atoms with Gasteiger partial charge < -0.3 is 28.7 Å². The van der Waals surface area contributed by atoms with Crippen molar-refractivity contribution in [3.8, 4) is 33.6 Å². The lowest BCUT2D eigenvalue weighted by atomic mass is 9.82. The number of rotatable bonds is 14. The highest BCUT2D eigenvalue weighted by atomic mass is 32.1. The molecule has 26 aromatic rings. The zero-order valence-electron chi connectivity index (χ0n) is 76.5. The molecule has 4 aromatic heterocycles. The highest BCUT2D eigenvalue weighted by Gasteiger charge is 2.38. The van der Waals surface area contributed by atoms with E-state index in [0.717, 1.165) is 79.6 Å². The third-order valence-electron chi connectivity index (χ3n) is 29.4. The van der Waals surface area contributed by atoms with Crippen LogP contribution in [0.5, 0.6) is 0 Å². The highest BCUT2D eigenvalue weighted by molar-refractivity contribution is 7.27. The number of hydrogen-bond acceptors (Lipinski definition) is 6. The second kappa shape index (κ2) is 31.9. The topological polar surface area (TPSA) is 22.8 Å². The predicted octanol–water partition coefficient (Wildman–Crippen LogP) is 37.4. The van der Waals surface area contributed by atoms with Gasteiger partial charge in [-0.1, -0.05) is 307 Å². The van der Waals surface area contributed by atoms with E-state index in [1.165, 1.54) is 172 Å². The number of fused-ring (bicyclic) bond motifs is 28. The molecular weight excluding hydrogens is 1710 g/mol. The molecule has 0 saturated carbocycles. The lowest BCUT2D eigenvalue weighted by Gasteiger charge is -2.28. The first kappa shape index (κ1) is 80.7. The van der Waals surface area contributed by atoms with Crippen LogP contribution in [-0.2, 0) is 10.8 Å². The number of para-hydroxylation sites is 8. The second-order valence-electron chi connectivity index (χ2n) is 37.8. The molecule has 138 heavy (non-hydrogen) atoms. The van der Waals surface area contributed by atoms with Gasteiger partial charge in [-0.25, -0.2) is 0 Å². The van der Waals surface area contributed by atoms with Crippen molar-refractivity contribution in [3.05, 3.63) is 495 Å². The zero-order chi connectivity index (χ0) is 91.6. The molecule has 0 aliphatic heterocycles. The molecule has 0 spiro atoms. The Morgan fingerprint density at radius 1 is 0.174 bits per heavy atom. The van der Waals surface area contributed by atoms with Crippen molar-refractivity contribution in [1.82, 2.24) is 9.13 Å². The van der Waals surface area contributed by atoms with E-state index in [4.69, 9.17) is 0 Å². The van der Waals surface area contributed by atoms with Crippen LogP contribution in [0, 0.1) is 0 Å². The van der Waals surface area contributed by atoms with E-state index in [9.17, 15) is 0 Å². The summed E-state index contributed by atoms with van der Waals surface area (Å²) in [6.07, 6.45) is 0. The fraction of sp³-hybridized carbons (Fsp3) is 0.0462. The van der Waals surface area contributed by atoms with Crippen LogP contribution < -0.4 is 19.6 Å². The SMILES string of the molecule is CC1(C)c2ccccc2-c2ccc(N(c3ccccc3)c3ccc4c(c3)c3ccccc3c3c5ccc(N(c6ccccc6)c6ccc7c(c6)c6ccccc6n7-c6ccccc6)cc5sc43)cc21.CC1(C)c2ccccc2-c2ccc(N(c3ccccc3)c3ccc4c(c3)sc3c5ccc(N(c6ccccc6)c6ccc7c(c6)c6ccccc6n7-c6ccccc6)cc5c5ccccc5c43)cc21. The molecule has 0 atom stereocenters. The maximum atomic E-state index is 2.43. The van der Waals surface area contributed by atoms with E-state index in [-0.39, 0.29) is 10.8 Å². The van der Waals surface area contributed by atoms with E-state index in [0.29, 0.717) is 0 Å². The lowest BCUT2D eigenvalue weighted by molar-refractivity contribution is 0.660. The first-order valence-electron chi connectivity index (χ1n) is 47.7. The Balaban J connectivity index is 0.000000139. The predicted molar refractivity (Wildman–Crippen MR) is 591 cm³/mol. The maximum Gasteiger partial charge on any atom is 0.0542 e. The summed E-state index contributed by atoms with van der Waals surface area (Å²) >= 11 is 3.81. The molecule has 28 rings (SSSR count). The van der Waals surface area contributed by atoms with Crippen LogP contribution in [0.3, 0.4) is 0 Å². The van der Waals surface area contributed by atoms with Gasteiger partial charge >= 0.3 is 0 Å². The molecule has 6 nitrogen and oxygen atoms in total. The molecule has 0 N–H and O–H groups in total. The summed E-state index contributed by atoms with van der Waals surface area (Å²) in [5.41, 5.74) is 31.3. The minimum Gasteiger partial charge on any atom is -0.310 e. The number of thiophene rings is 2. The van der Waals surface area contributed by atoms with Crippen molar-refractivity contribution in [2.24, 2.45) is 0 Å². The summed E-state index contributed by atoms with van der Waals surface area (Å²) in [6, 6.07) is 174. The normalized spacial score (nSPS) is 12.9. The minimum absolute atomic E-state index is 0.0995. The van der Waals surface area contributed by atoms with Gasteiger partial charge in [0.15, 0.2) is 0 Å². The van der Waals surface area contributed by atoms with Crippen LogP contribution in [0.1, 0.15) is 49.9 Å². The quantitative estimate of drug-likeness (QED) is 0.101. The van der Waals surface area contributed by atoms with Crippen molar-refractivity contribution in [1.29, 1.82) is 0 Å². The van der Waals surface area contributed by atoms with Gasteiger partial charge in [0, 0.05) is 163 Å². The smallest absolute Gasteiger partial charge is 0.0542 e. The first-order valence-corrected chi connectivity index (χ1v) is 49.3. The third kappa shape index (κ3) is 12.7. The standard InChI is InChI=1S/2C65H45N3S/c1-65(2)58-28-16-14-25-50(58)51-34-30-47(40-59(51)65)66(42-18-6-3-7-19-42)45-31-35-54-56(38-45)49-24-12-13-27-53(49)63-55-36-32-48(41-62(55)69-64(54)63)67(43-20-8-4-9-21-43)46-33-37-61-57(39-46)52-26-15-17-29-60(52)68(61)44-22-10-5-11-23-44;1-65(2)58-28-16-14-25-50(58)51-34-30-47(40-59(51)65)67(43-20-8-4-9-21-43)48-32-36-55-62(41-48)69-64-54-35-31-45(38-56(54)49-24-12-13-27-53(49)63(55)64)66(42-18-6-3-7-19-42)46-33-37-61-57(39-46)52-26-15-17-29-60(52)68(61)44-22-10-5-11-23-44/h2*3-41H,1-2H3. The molecule has 652 valence electrons. The number of benzene rings is 22. The van der Waals surface area contributed by atoms with Crippen LogP contribution in [0.2, 0.25) is 0 Å². The van der Waals surface area contributed by atoms with Crippen molar-refractivity contribution in [3.63, 3.8) is 0 Å². The van der Waals surface area contributed by atoms with Crippen molar-refractivity contribution >= 4 is 218 Å². The fourth-order valence-corrected chi connectivity index (χ4v) is 25.7. The molecule has 0 amide bonds. The van der Waals surface area contributed by atoms with Crippen LogP contribution in [-0.4, -0.2) is 9.13 Å². The second-order valence-corrected chi connectivity index (χ2v) is 39.9. The fourth-order valence-electron chi connectivity index (χ4n) is 23.1. The largest absolute Gasteiger partial charge is 0.310 e. The molecule has 0 saturated heterocycles.